The lowest BCUT2D eigenvalue weighted by atomic mass is 10.2. The Labute approximate surface area is 202 Å². The first-order valence-electron chi connectivity index (χ1n) is 11.1. The molecule has 2 heterocycles. The monoisotopic (exact) mass is 477 g/mol. The second-order valence-electron chi connectivity index (χ2n) is 7.55. The van der Waals surface area contributed by atoms with E-state index in [1.807, 2.05) is 49.4 Å². The van der Waals surface area contributed by atoms with Crippen molar-refractivity contribution in [1.29, 1.82) is 0 Å². The first kappa shape index (κ1) is 23.8. The number of aromatic nitrogens is 3. The number of benzene rings is 2. The molecule has 8 heteroatoms. The molecular weight excluding hydrogens is 450 g/mol. The number of ether oxygens (including phenoxy) is 3. The Balaban J connectivity index is 1.31. The molecule has 0 amide bonds. The van der Waals surface area contributed by atoms with E-state index in [1.54, 1.807) is 37.0 Å². The van der Waals surface area contributed by atoms with Crippen LogP contribution in [0, 0.1) is 6.92 Å². The molecule has 4 rings (SSSR count). The zero-order valence-electron chi connectivity index (χ0n) is 19.2. The van der Waals surface area contributed by atoms with Gasteiger partial charge in [0.05, 0.1) is 42.1 Å². The zero-order valence-corrected chi connectivity index (χ0v) is 20.1. The highest BCUT2D eigenvalue weighted by atomic mass is 32.2. The van der Waals surface area contributed by atoms with Crippen molar-refractivity contribution < 1.29 is 19.0 Å². The fraction of sp³-hybridized carbons (Fsp3) is 0.269. The summed E-state index contributed by atoms with van der Waals surface area (Å²) in [5.74, 6) is 1.10. The van der Waals surface area contributed by atoms with E-state index >= 15 is 0 Å². The van der Waals surface area contributed by atoms with Crippen LogP contribution in [-0.4, -0.2) is 40.7 Å². The van der Waals surface area contributed by atoms with Gasteiger partial charge in [0.2, 0.25) is 0 Å². The van der Waals surface area contributed by atoms with Crippen LogP contribution in [0.4, 0.5) is 0 Å². The summed E-state index contributed by atoms with van der Waals surface area (Å²) in [4.78, 5) is 24.3. The van der Waals surface area contributed by atoms with Crippen LogP contribution in [0.1, 0.15) is 34.1 Å². The summed E-state index contributed by atoms with van der Waals surface area (Å²) >= 11 is 1.55. The van der Waals surface area contributed by atoms with Gasteiger partial charge in [0.25, 0.3) is 0 Å². The summed E-state index contributed by atoms with van der Waals surface area (Å²) in [5, 5.41) is 0.762. The predicted octanol–water partition coefficient (Wildman–Crippen LogP) is 5.33. The third-order valence-electron chi connectivity index (χ3n) is 5.17. The lowest BCUT2D eigenvalue weighted by molar-refractivity contribution is 0.0526. The first-order valence-corrected chi connectivity index (χ1v) is 12.1. The van der Waals surface area contributed by atoms with Gasteiger partial charge in [-0.2, -0.15) is 0 Å². The number of hydrogen-bond donors (Lipinski definition) is 1. The Hall–Kier alpha value is -3.36. The van der Waals surface area contributed by atoms with Gasteiger partial charge >= 0.3 is 5.97 Å². The number of thioether (sulfide) groups is 1. The maximum atomic E-state index is 12.0. The van der Waals surface area contributed by atoms with Gasteiger partial charge < -0.3 is 19.2 Å². The van der Waals surface area contributed by atoms with Crippen molar-refractivity contribution >= 4 is 28.8 Å². The SMILES string of the molecule is CCOC(=O)c1ccc2nc(SCc3nccc(OCCOCc4ccccc4)c3C)[nH]c2c1. The molecule has 0 fully saturated rings. The molecule has 0 saturated carbocycles. The average Bonchev–Trinajstić information content (AvgIpc) is 3.27. The van der Waals surface area contributed by atoms with Gasteiger partial charge in [0.15, 0.2) is 5.16 Å². The second kappa shape index (κ2) is 11.7. The van der Waals surface area contributed by atoms with E-state index in [4.69, 9.17) is 14.2 Å². The molecule has 2 aromatic carbocycles. The minimum absolute atomic E-state index is 0.338. The van der Waals surface area contributed by atoms with E-state index in [0.29, 0.717) is 37.7 Å². The van der Waals surface area contributed by atoms with Crippen LogP contribution in [0.15, 0.2) is 66.0 Å². The number of esters is 1. The quantitative estimate of drug-likeness (QED) is 0.177. The van der Waals surface area contributed by atoms with Crippen LogP contribution in [0.5, 0.6) is 5.75 Å². The molecule has 0 bridgehead atoms. The van der Waals surface area contributed by atoms with Crippen molar-refractivity contribution in [3.05, 3.63) is 83.2 Å². The molecule has 7 nitrogen and oxygen atoms in total. The number of nitrogens with zero attached hydrogens (tertiary/aromatic N) is 2. The maximum absolute atomic E-state index is 12.0. The van der Waals surface area contributed by atoms with Crippen LogP contribution in [0.3, 0.4) is 0 Å². The largest absolute Gasteiger partial charge is 0.491 e. The third-order valence-corrected chi connectivity index (χ3v) is 6.06. The predicted molar refractivity (Wildman–Crippen MR) is 132 cm³/mol. The van der Waals surface area contributed by atoms with Gasteiger partial charge in [-0.1, -0.05) is 42.1 Å². The molecule has 0 spiro atoms. The molecular formula is C26H27N3O4S. The zero-order chi connectivity index (χ0) is 23.8. The highest BCUT2D eigenvalue weighted by molar-refractivity contribution is 7.98. The molecule has 4 aromatic rings. The van der Waals surface area contributed by atoms with Crippen molar-refractivity contribution in [3.8, 4) is 5.75 Å². The van der Waals surface area contributed by atoms with E-state index in [1.165, 1.54) is 0 Å². The number of aromatic amines is 1. The average molecular weight is 478 g/mol. The lowest BCUT2D eigenvalue weighted by Crippen LogP contribution is -2.08. The molecule has 176 valence electrons. The summed E-state index contributed by atoms with van der Waals surface area (Å²) in [6.45, 7) is 5.69. The van der Waals surface area contributed by atoms with Crippen LogP contribution in [-0.2, 0) is 21.8 Å². The van der Waals surface area contributed by atoms with Crippen molar-refractivity contribution in [2.75, 3.05) is 19.8 Å². The van der Waals surface area contributed by atoms with Gasteiger partial charge in [0.1, 0.15) is 12.4 Å². The van der Waals surface area contributed by atoms with Gasteiger partial charge in [-0.15, -0.1) is 0 Å². The first-order chi connectivity index (χ1) is 16.6. The third kappa shape index (κ3) is 6.15. The Morgan fingerprint density at radius 3 is 2.76 bits per heavy atom. The normalized spacial score (nSPS) is 11.0. The topological polar surface area (TPSA) is 86.3 Å². The number of fused-ring (bicyclic) bond motifs is 1. The Morgan fingerprint density at radius 1 is 1.09 bits per heavy atom. The Bertz CT molecular complexity index is 1240. The fourth-order valence-corrected chi connectivity index (χ4v) is 4.28. The Kier molecular flexibility index (Phi) is 8.17. The summed E-state index contributed by atoms with van der Waals surface area (Å²) < 4.78 is 16.7. The molecule has 1 N–H and O–H groups in total. The van der Waals surface area contributed by atoms with E-state index in [0.717, 1.165) is 38.8 Å². The van der Waals surface area contributed by atoms with E-state index < -0.39 is 0 Å². The summed E-state index contributed by atoms with van der Waals surface area (Å²) in [6.07, 6.45) is 1.76. The maximum Gasteiger partial charge on any atom is 0.338 e. The van der Waals surface area contributed by atoms with Crippen LogP contribution in [0.25, 0.3) is 11.0 Å². The second-order valence-corrected chi connectivity index (χ2v) is 8.51. The minimum atomic E-state index is -0.338. The fourth-order valence-electron chi connectivity index (χ4n) is 3.37. The molecule has 0 aliphatic heterocycles. The molecule has 0 atom stereocenters. The number of hydrogen-bond acceptors (Lipinski definition) is 7. The number of carbonyl (C=O) groups excluding carboxylic acids is 1. The van der Waals surface area contributed by atoms with Gasteiger partial charge in [0, 0.05) is 17.5 Å². The van der Waals surface area contributed by atoms with E-state index in [-0.39, 0.29) is 5.97 Å². The molecule has 0 aliphatic rings. The van der Waals surface area contributed by atoms with Gasteiger partial charge in [-0.25, -0.2) is 9.78 Å². The molecule has 0 saturated heterocycles. The minimum Gasteiger partial charge on any atom is -0.491 e. The number of pyridine rings is 1. The standard InChI is InChI=1S/C26H27N3O4S/c1-3-32-25(30)20-9-10-21-22(15-20)29-26(28-21)34-17-23-18(2)24(11-12-27-23)33-14-13-31-16-19-7-5-4-6-8-19/h4-12,15H,3,13-14,16-17H2,1-2H3,(H,28,29). The molecule has 2 aromatic heterocycles. The number of rotatable bonds is 11. The van der Waals surface area contributed by atoms with E-state index in [9.17, 15) is 4.79 Å². The Morgan fingerprint density at radius 2 is 1.94 bits per heavy atom. The summed E-state index contributed by atoms with van der Waals surface area (Å²) in [5.41, 5.74) is 5.17. The molecule has 0 unspecified atom stereocenters. The van der Waals surface area contributed by atoms with Crippen molar-refractivity contribution in [3.63, 3.8) is 0 Å². The van der Waals surface area contributed by atoms with Gasteiger partial charge in [-0.05, 0) is 43.7 Å². The van der Waals surface area contributed by atoms with Crippen molar-refractivity contribution in [2.24, 2.45) is 0 Å². The summed E-state index contributed by atoms with van der Waals surface area (Å²) in [6, 6.07) is 17.3. The highest BCUT2D eigenvalue weighted by Gasteiger charge is 2.12. The van der Waals surface area contributed by atoms with Crippen molar-refractivity contribution in [2.45, 2.75) is 31.4 Å². The number of carbonyl (C=O) groups is 1. The number of imidazole rings is 1. The van der Waals surface area contributed by atoms with E-state index in [2.05, 4.69) is 15.0 Å². The summed E-state index contributed by atoms with van der Waals surface area (Å²) in [7, 11) is 0. The van der Waals surface area contributed by atoms with Crippen LogP contribution >= 0.6 is 11.8 Å². The van der Waals surface area contributed by atoms with Gasteiger partial charge in [-0.3, -0.25) is 4.98 Å². The molecule has 0 aliphatic carbocycles. The number of H-pyrrole nitrogens is 1. The van der Waals surface area contributed by atoms with Crippen molar-refractivity contribution in [1.82, 2.24) is 15.0 Å². The molecule has 34 heavy (non-hydrogen) atoms. The molecule has 0 radical (unpaired) electrons. The number of nitrogens with one attached hydrogen (secondary N) is 1. The highest BCUT2D eigenvalue weighted by Crippen LogP contribution is 2.27. The smallest absolute Gasteiger partial charge is 0.338 e. The van der Waals surface area contributed by atoms with Crippen LogP contribution < -0.4 is 4.74 Å². The van der Waals surface area contributed by atoms with Crippen LogP contribution in [0.2, 0.25) is 0 Å². The lowest BCUT2D eigenvalue weighted by Gasteiger charge is -2.12.